The molecule has 2 aliphatic carbocycles. The second-order valence-electron chi connectivity index (χ2n) is 11.6. The van der Waals surface area contributed by atoms with E-state index in [9.17, 15) is 4.79 Å². The smallest absolute Gasteiger partial charge is 0.319 e. The van der Waals surface area contributed by atoms with Crippen LogP contribution in [0.1, 0.15) is 87.5 Å². The summed E-state index contributed by atoms with van der Waals surface area (Å²) >= 11 is 0. The molecule has 0 aromatic rings. The van der Waals surface area contributed by atoms with Crippen LogP contribution in [0.2, 0.25) is 0 Å². The predicted octanol–water partition coefficient (Wildman–Crippen LogP) is 4.69. The molecule has 0 radical (unpaired) electrons. The van der Waals surface area contributed by atoms with Crippen molar-refractivity contribution in [2.75, 3.05) is 0 Å². The van der Waals surface area contributed by atoms with Gasteiger partial charge in [0.15, 0.2) is 6.23 Å². The molecule has 0 aromatic heterocycles. The van der Waals surface area contributed by atoms with Gasteiger partial charge in [-0.05, 0) is 58.3 Å². The fraction of sp³-hybridized carbons (Fsp3) is 0.957. The summed E-state index contributed by atoms with van der Waals surface area (Å²) in [6.45, 7) is 17.1. The van der Waals surface area contributed by atoms with E-state index in [1.54, 1.807) is 0 Å². The van der Waals surface area contributed by atoms with Gasteiger partial charge in [0.25, 0.3) is 0 Å². The molecule has 2 aliphatic heterocycles. The number of hydroxylamine groups is 2. The standard InChI is InChI=1S/C23H39NO4/c1-9-10-11-15-23(8,19(25)27-20(2,3)4)18-24(28-15)16-14-12-13-22(7,17(16)26-18)21(14,5)6/h14-18H,9-13H2,1-8H3/t14-,15+,16-,17-,18+,22+,23+/m1/s1. The Morgan fingerprint density at radius 2 is 1.89 bits per heavy atom. The summed E-state index contributed by atoms with van der Waals surface area (Å²) < 4.78 is 12.6. The van der Waals surface area contributed by atoms with Gasteiger partial charge in [0.05, 0.1) is 18.2 Å². The van der Waals surface area contributed by atoms with Crippen LogP contribution in [0, 0.1) is 22.2 Å². The van der Waals surface area contributed by atoms with Crippen LogP contribution in [-0.2, 0) is 19.1 Å². The molecular formula is C23H39NO4. The average Bonchev–Trinajstić information content (AvgIpc) is 3.19. The van der Waals surface area contributed by atoms with Crippen LogP contribution >= 0.6 is 0 Å². The molecule has 0 aromatic carbocycles. The molecule has 5 nitrogen and oxygen atoms in total. The lowest BCUT2D eigenvalue weighted by Crippen LogP contribution is -2.50. The quantitative estimate of drug-likeness (QED) is 0.649. The fourth-order valence-corrected chi connectivity index (χ4v) is 6.46. The Labute approximate surface area is 170 Å². The lowest BCUT2D eigenvalue weighted by molar-refractivity contribution is -0.197. The van der Waals surface area contributed by atoms with E-state index in [1.807, 2.05) is 27.7 Å². The van der Waals surface area contributed by atoms with E-state index in [0.717, 1.165) is 19.3 Å². The van der Waals surface area contributed by atoms with Gasteiger partial charge < -0.3 is 9.47 Å². The minimum atomic E-state index is -0.799. The van der Waals surface area contributed by atoms with Crippen molar-refractivity contribution in [3.63, 3.8) is 0 Å². The van der Waals surface area contributed by atoms with Gasteiger partial charge >= 0.3 is 5.97 Å². The molecule has 0 amide bonds. The molecule has 2 bridgehead atoms. The number of carbonyl (C=O) groups excluding carboxylic acids is 1. The number of hydrogen-bond donors (Lipinski definition) is 0. The van der Waals surface area contributed by atoms with Gasteiger partial charge in [0.2, 0.25) is 0 Å². The lowest BCUT2D eigenvalue weighted by Gasteiger charge is -2.40. The molecule has 4 aliphatic rings. The minimum absolute atomic E-state index is 0.125. The third kappa shape index (κ3) is 2.51. The Balaban J connectivity index is 1.67. The third-order valence-electron chi connectivity index (χ3n) is 8.61. The van der Waals surface area contributed by atoms with Crippen molar-refractivity contribution in [3.8, 4) is 0 Å². The van der Waals surface area contributed by atoms with Gasteiger partial charge in [0.1, 0.15) is 11.0 Å². The maximum Gasteiger partial charge on any atom is 0.319 e. The van der Waals surface area contributed by atoms with Gasteiger partial charge in [0, 0.05) is 5.41 Å². The van der Waals surface area contributed by atoms with E-state index in [1.165, 1.54) is 12.8 Å². The van der Waals surface area contributed by atoms with E-state index < -0.39 is 11.0 Å². The van der Waals surface area contributed by atoms with Crippen LogP contribution < -0.4 is 0 Å². The van der Waals surface area contributed by atoms with E-state index in [-0.39, 0.29) is 41.3 Å². The Morgan fingerprint density at radius 1 is 1.21 bits per heavy atom. The van der Waals surface area contributed by atoms with Crippen molar-refractivity contribution in [1.82, 2.24) is 5.06 Å². The summed E-state index contributed by atoms with van der Waals surface area (Å²) in [4.78, 5) is 19.9. The zero-order valence-electron chi connectivity index (χ0n) is 19.0. The van der Waals surface area contributed by atoms with Gasteiger partial charge in [-0.3, -0.25) is 9.63 Å². The Bertz CT molecular complexity index is 655. The molecule has 0 N–H and O–H groups in total. The predicted molar refractivity (Wildman–Crippen MR) is 107 cm³/mol. The summed E-state index contributed by atoms with van der Waals surface area (Å²) in [5, 5.41) is 2.09. The Hall–Kier alpha value is -0.650. The van der Waals surface area contributed by atoms with Gasteiger partial charge in [-0.15, -0.1) is 0 Å². The summed E-state index contributed by atoms with van der Waals surface area (Å²) in [6, 6.07) is 0.243. The van der Waals surface area contributed by atoms with Crippen LogP contribution in [0.25, 0.3) is 0 Å². The van der Waals surface area contributed by atoms with Gasteiger partial charge in [-0.2, -0.15) is 5.06 Å². The second-order valence-corrected chi connectivity index (χ2v) is 11.6. The molecule has 4 rings (SSSR count). The number of fused-ring (bicyclic) bond motifs is 7. The van der Waals surface area contributed by atoms with Crippen LogP contribution in [0.5, 0.6) is 0 Å². The van der Waals surface area contributed by atoms with Crippen LogP contribution in [-0.4, -0.2) is 41.1 Å². The van der Waals surface area contributed by atoms with Crippen LogP contribution in [0.4, 0.5) is 0 Å². The van der Waals surface area contributed by atoms with Crippen molar-refractivity contribution in [2.24, 2.45) is 22.2 Å². The number of rotatable bonds is 4. The highest BCUT2D eigenvalue weighted by Gasteiger charge is 2.76. The van der Waals surface area contributed by atoms with E-state index >= 15 is 0 Å². The first-order valence-electron chi connectivity index (χ1n) is 11.2. The molecule has 0 spiro atoms. The summed E-state index contributed by atoms with van der Waals surface area (Å²) in [6.07, 6.45) is 4.95. The molecule has 4 fully saturated rings. The molecule has 5 heteroatoms. The highest BCUT2D eigenvalue weighted by atomic mass is 16.8. The minimum Gasteiger partial charge on any atom is -0.459 e. The zero-order valence-corrected chi connectivity index (χ0v) is 19.0. The monoisotopic (exact) mass is 393 g/mol. The van der Waals surface area contributed by atoms with Crippen LogP contribution in [0.3, 0.4) is 0 Å². The molecular weight excluding hydrogens is 354 g/mol. The highest BCUT2D eigenvalue weighted by molar-refractivity contribution is 5.79. The molecule has 28 heavy (non-hydrogen) atoms. The molecule has 7 atom stereocenters. The first kappa shape index (κ1) is 20.6. The Kier molecular flexibility index (Phi) is 4.55. The molecule has 0 unspecified atom stereocenters. The summed E-state index contributed by atoms with van der Waals surface area (Å²) in [5.41, 5.74) is -0.971. The highest BCUT2D eigenvalue weighted by Crippen LogP contribution is 2.70. The Morgan fingerprint density at radius 3 is 2.50 bits per heavy atom. The topological polar surface area (TPSA) is 48.0 Å². The van der Waals surface area contributed by atoms with E-state index in [4.69, 9.17) is 14.3 Å². The van der Waals surface area contributed by atoms with Gasteiger partial charge in [-0.25, -0.2) is 0 Å². The van der Waals surface area contributed by atoms with Crippen molar-refractivity contribution in [1.29, 1.82) is 0 Å². The van der Waals surface area contributed by atoms with Crippen LogP contribution in [0.15, 0.2) is 0 Å². The first-order chi connectivity index (χ1) is 12.9. The maximum absolute atomic E-state index is 13.4. The van der Waals surface area contributed by atoms with Gasteiger partial charge in [-0.1, -0.05) is 40.5 Å². The average molecular weight is 394 g/mol. The summed E-state index contributed by atoms with van der Waals surface area (Å²) in [5.74, 6) is 0.352. The molecule has 2 saturated heterocycles. The largest absolute Gasteiger partial charge is 0.459 e. The number of unbranched alkanes of at least 4 members (excludes halogenated alkanes) is 1. The van der Waals surface area contributed by atoms with Crippen molar-refractivity contribution in [2.45, 2.75) is 118 Å². The summed E-state index contributed by atoms with van der Waals surface area (Å²) in [7, 11) is 0. The number of carbonyl (C=O) groups is 1. The lowest BCUT2D eigenvalue weighted by atomic mass is 9.70. The fourth-order valence-electron chi connectivity index (χ4n) is 6.46. The van der Waals surface area contributed by atoms with Crippen molar-refractivity contribution >= 4 is 5.97 Å². The zero-order chi connectivity index (χ0) is 20.7. The number of ether oxygens (including phenoxy) is 2. The number of esters is 1. The second kappa shape index (κ2) is 6.18. The molecule has 2 heterocycles. The van der Waals surface area contributed by atoms with E-state index in [0.29, 0.717) is 5.92 Å². The van der Waals surface area contributed by atoms with Crippen molar-refractivity contribution < 1.29 is 19.1 Å². The SMILES string of the molecule is CCCC[C@@H]1ON2[C@@H]3[C@H]4CC[C@@](C)([C@@H]3O[C@H]2[C@@]1(C)C(=O)OC(C)(C)C)C4(C)C. The normalized spacial score (nSPS) is 46.6. The number of nitrogens with zero attached hydrogens (tertiary/aromatic N) is 1. The maximum atomic E-state index is 13.4. The van der Waals surface area contributed by atoms with E-state index in [2.05, 4.69) is 32.8 Å². The third-order valence-corrected chi connectivity index (χ3v) is 8.61. The number of hydrogen-bond acceptors (Lipinski definition) is 5. The molecule has 2 saturated carbocycles. The van der Waals surface area contributed by atoms with Crippen molar-refractivity contribution in [3.05, 3.63) is 0 Å². The first-order valence-corrected chi connectivity index (χ1v) is 11.2. The molecule has 160 valence electrons.